The van der Waals surface area contributed by atoms with Gasteiger partial charge < -0.3 is 9.84 Å². The molecule has 0 spiro atoms. The first kappa shape index (κ1) is 18.6. The Hall–Kier alpha value is -2.76. The summed E-state index contributed by atoms with van der Waals surface area (Å²) in [5, 5.41) is 9.49. The van der Waals surface area contributed by atoms with Gasteiger partial charge in [0.2, 0.25) is 0 Å². The number of phenolic OH excluding ortho intramolecular Hbond substituents is 1. The van der Waals surface area contributed by atoms with E-state index in [0.29, 0.717) is 35.1 Å². The van der Waals surface area contributed by atoms with E-state index in [-0.39, 0.29) is 11.3 Å². The van der Waals surface area contributed by atoms with Gasteiger partial charge in [-0.05, 0) is 47.9 Å². The average Bonchev–Trinajstić information content (AvgIpc) is 2.59. The molecule has 2 aromatic rings. The summed E-state index contributed by atoms with van der Waals surface area (Å²) in [7, 11) is 1.42. The van der Waals surface area contributed by atoms with Gasteiger partial charge in [0.05, 0.1) is 12.7 Å². The molecule has 0 aliphatic rings. The fraction of sp³-hybridized carbons (Fsp3) is 0.211. The number of carbonyl (C=O) groups excluding carboxylic acids is 1. The summed E-state index contributed by atoms with van der Waals surface area (Å²) < 4.78 is 43.8. The molecule has 0 saturated carbocycles. The number of benzene rings is 2. The summed E-state index contributed by atoms with van der Waals surface area (Å²) in [6.45, 7) is 1.72. The molecule has 6 heteroatoms. The highest BCUT2D eigenvalue weighted by Crippen LogP contribution is 2.33. The Kier molecular flexibility index (Phi) is 5.51. The Morgan fingerprint density at radius 3 is 2.48 bits per heavy atom. The van der Waals surface area contributed by atoms with Crippen LogP contribution in [0.5, 0.6) is 11.5 Å². The van der Waals surface area contributed by atoms with Crippen molar-refractivity contribution in [3.8, 4) is 11.5 Å². The van der Waals surface area contributed by atoms with E-state index in [0.717, 1.165) is 12.1 Å². The van der Waals surface area contributed by atoms with Gasteiger partial charge in [-0.1, -0.05) is 13.0 Å². The van der Waals surface area contributed by atoms with E-state index in [2.05, 4.69) is 0 Å². The Balaban J connectivity index is 2.56. The van der Waals surface area contributed by atoms with Gasteiger partial charge in [-0.15, -0.1) is 0 Å². The van der Waals surface area contributed by atoms with Crippen molar-refractivity contribution >= 4 is 17.9 Å². The zero-order valence-electron chi connectivity index (χ0n) is 13.7. The van der Waals surface area contributed by atoms with E-state index >= 15 is 0 Å². The van der Waals surface area contributed by atoms with Crippen LogP contribution in [0.25, 0.3) is 11.6 Å². The molecule has 0 amide bonds. The van der Waals surface area contributed by atoms with Crippen molar-refractivity contribution < 1.29 is 27.8 Å². The highest BCUT2D eigenvalue weighted by atomic mass is 19.4. The lowest BCUT2D eigenvalue weighted by molar-refractivity contribution is -0.137. The summed E-state index contributed by atoms with van der Waals surface area (Å²) in [6, 6.07) is 7.70. The minimum atomic E-state index is -4.44. The van der Waals surface area contributed by atoms with Crippen molar-refractivity contribution in [2.24, 2.45) is 0 Å². The van der Waals surface area contributed by atoms with Crippen molar-refractivity contribution in [1.82, 2.24) is 0 Å². The summed E-state index contributed by atoms with van der Waals surface area (Å²) in [5.41, 5.74) is 0.867. The second-order valence-electron chi connectivity index (χ2n) is 5.37. The highest BCUT2D eigenvalue weighted by Gasteiger charge is 2.31. The lowest BCUT2D eigenvalue weighted by atomic mass is 9.95. The monoisotopic (exact) mass is 350 g/mol. The van der Waals surface area contributed by atoms with Gasteiger partial charge in [-0.2, -0.15) is 13.2 Å². The van der Waals surface area contributed by atoms with E-state index < -0.39 is 11.7 Å². The zero-order chi connectivity index (χ0) is 18.6. The zero-order valence-corrected chi connectivity index (χ0v) is 13.7. The number of methoxy groups -OCH3 is 1. The molecule has 0 unspecified atom stereocenters. The molecule has 0 aliphatic heterocycles. The number of aromatic hydroxyl groups is 1. The lowest BCUT2D eigenvalue weighted by Gasteiger charge is -2.13. The fourth-order valence-corrected chi connectivity index (χ4v) is 2.51. The van der Waals surface area contributed by atoms with Gasteiger partial charge in [-0.25, -0.2) is 0 Å². The molecule has 132 valence electrons. The van der Waals surface area contributed by atoms with Crippen LogP contribution in [0.1, 0.15) is 29.2 Å². The molecule has 25 heavy (non-hydrogen) atoms. The van der Waals surface area contributed by atoms with Crippen LogP contribution >= 0.6 is 0 Å². The van der Waals surface area contributed by atoms with Crippen LogP contribution in [0.2, 0.25) is 0 Å². The molecule has 0 fully saturated rings. The van der Waals surface area contributed by atoms with Gasteiger partial charge in [0, 0.05) is 17.2 Å². The predicted octanol–water partition coefficient (Wildman–Crippen LogP) is 4.72. The quantitative estimate of drug-likeness (QED) is 0.482. The highest BCUT2D eigenvalue weighted by molar-refractivity contribution is 6.14. The van der Waals surface area contributed by atoms with Crippen LogP contribution in [0.3, 0.4) is 0 Å². The largest absolute Gasteiger partial charge is 0.508 e. The first-order valence-electron chi connectivity index (χ1n) is 7.54. The van der Waals surface area contributed by atoms with Crippen molar-refractivity contribution in [2.45, 2.75) is 19.5 Å². The molecular formula is C19H17F3O3. The van der Waals surface area contributed by atoms with Gasteiger partial charge in [0.15, 0.2) is 6.29 Å². The lowest BCUT2D eigenvalue weighted by Crippen LogP contribution is -2.06. The first-order valence-corrected chi connectivity index (χ1v) is 7.54. The average molecular weight is 350 g/mol. The normalized spacial score (nSPS) is 12.1. The number of carbonyl (C=O) groups is 1. The second-order valence-corrected chi connectivity index (χ2v) is 5.37. The van der Waals surface area contributed by atoms with E-state index in [4.69, 9.17) is 4.74 Å². The molecule has 2 aromatic carbocycles. The Morgan fingerprint density at radius 2 is 1.92 bits per heavy atom. The maximum atomic E-state index is 12.9. The maximum absolute atomic E-state index is 12.9. The summed E-state index contributed by atoms with van der Waals surface area (Å²) in [4.78, 5) is 11.5. The second kappa shape index (κ2) is 7.42. The van der Waals surface area contributed by atoms with E-state index in [1.165, 1.54) is 31.4 Å². The minimum absolute atomic E-state index is 0.00503. The van der Waals surface area contributed by atoms with Crippen molar-refractivity contribution in [2.75, 3.05) is 7.11 Å². The molecule has 0 saturated heterocycles. The number of aldehydes is 1. The molecular weight excluding hydrogens is 333 g/mol. The maximum Gasteiger partial charge on any atom is 0.416 e. The van der Waals surface area contributed by atoms with E-state index in [9.17, 15) is 23.1 Å². The first-order chi connectivity index (χ1) is 11.8. The molecule has 1 N–H and O–H groups in total. The van der Waals surface area contributed by atoms with Crippen LogP contribution in [0.15, 0.2) is 36.4 Å². The van der Waals surface area contributed by atoms with Gasteiger partial charge in [0.1, 0.15) is 11.5 Å². The number of phenols is 1. The number of halogens is 3. The minimum Gasteiger partial charge on any atom is -0.508 e. The van der Waals surface area contributed by atoms with Gasteiger partial charge in [-0.3, -0.25) is 4.79 Å². The fourth-order valence-electron chi connectivity index (χ4n) is 2.51. The molecule has 0 radical (unpaired) electrons. The smallest absolute Gasteiger partial charge is 0.416 e. The van der Waals surface area contributed by atoms with Crippen LogP contribution in [0, 0.1) is 0 Å². The number of aryl methyl sites for hydroxylation is 1. The van der Waals surface area contributed by atoms with E-state index in [1.54, 1.807) is 13.0 Å². The Labute approximate surface area is 143 Å². The number of hydrogen-bond acceptors (Lipinski definition) is 3. The van der Waals surface area contributed by atoms with Crippen LogP contribution < -0.4 is 4.74 Å². The third kappa shape index (κ3) is 4.21. The molecule has 0 aromatic heterocycles. The topological polar surface area (TPSA) is 46.5 Å². The van der Waals surface area contributed by atoms with Crippen LogP contribution in [-0.4, -0.2) is 18.5 Å². The van der Waals surface area contributed by atoms with Crippen molar-refractivity contribution in [3.63, 3.8) is 0 Å². The molecule has 0 atom stereocenters. The number of hydrogen-bond donors (Lipinski definition) is 1. The SMILES string of the molecule is CCc1cc(C(F)(F)F)ccc1/C(C=O)=C/c1ccc(O)cc1OC. The van der Waals surface area contributed by atoms with Gasteiger partial charge >= 0.3 is 6.18 Å². The molecule has 3 nitrogen and oxygen atoms in total. The molecule has 0 bridgehead atoms. The standard InChI is InChI=1S/C19H17F3O3/c1-3-12-9-15(19(20,21)22)5-7-17(12)14(11-23)8-13-4-6-16(24)10-18(13)25-2/h4-11,24H,3H2,1-2H3/b14-8+. The third-order valence-corrected chi connectivity index (χ3v) is 3.78. The number of rotatable bonds is 5. The molecule has 2 rings (SSSR count). The van der Waals surface area contributed by atoms with E-state index in [1.807, 2.05) is 0 Å². The van der Waals surface area contributed by atoms with Crippen molar-refractivity contribution in [3.05, 3.63) is 58.7 Å². The summed E-state index contributed by atoms with van der Waals surface area (Å²) in [6.07, 6.45) is -1.98. The molecule has 0 aliphatic carbocycles. The summed E-state index contributed by atoms with van der Waals surface area (Å²) in [5.74, 6) is 0.356. The van der Waals surface area contributed by atoms with Crippen molar-refractivity contribution in [1.29, 1.82) is 0 Å². The number of allylic oxidation sites excluding steroid dienone is 1. The van der Waals surface area contributed by atoms with Gasteiger partial charge in [0.25, 0.3) is 0 Å². The Morgan fingerprint density at radius 1 is 1.20 bits per heavy atom. The van der Waals surface area contributed by atoms with Crippen LogP contribution in [0.4, 0.5) is 13.2 Å². The number of ether oxygens (including phenoxy) is 1. The predicted molar refractivity (Wildman–Crippen MR) is 89.4 cm³/mol. The third-order valence-electron chi connectivity index (χ3n) is 3.78. The molecule has 0 heterocycles. The number of alkyl halides is 3. The Bertz CT molecular complexity index is 808. The summed E-state index contributed by atoms with van der Waals surface area (Å²) >= 11 is 0. The van der Waals surface area contributed by atoms with Crippen LogP contribution in [-0.2, 0) is 17.4 Å².